The summed E-state index contributed by atoms with van der Waals surface area (Å²) in [6, 6.07) is 3.41. The predicted octanol–water partition coefficient (Wildman–Crippen LogP) is 2.89. The predicted molar refractivity (Wildman–Crippen MR) is 116 cm³/mol. The van der Waals surface area contributed by atoms with E-state index in [-0.39, 0.29) is 10.8 Å². The molecule has 3 rings (SSSR count). The molecule has 2 heterocycles. The zero-order valence-corrected chi connectivity index (χ0v) is 19.1. The van der Waals surface area contributed by atoms with Crippen molar-refractivity contribution in [3.05, 3.63) is 28.8 Å². The zero-order valence-electron chi connectivity index (χ0n) is 18.3. The first kappa shape index (κ1) is 22.2. The molecule has 0 spiro atoms. The van der Waals surface area contributed by atoms with Crippen LogP contribution in [0.2, 0.25) is 0 Å². The molecule has 0 unspecified atom stereocenters. The Labute approximate surface area is 175 Å². The van der Waals surface area contributed by atoms with Gasteiger partial charge in [0.15, 0.2) is 0 Å². The minimum Gasteiger partial charge on any atom is -0.340 e. The van der Waals surface area contributed by atoms with E-state index < -0.39 is 10.0 Å². The van der Waals surface area contributed by atoms with Gasteiger partial charge in [0.2, 0.25) is 10.0 Å². The van der Waals surface area contributed by atoms with E-state index in [9.17, 15) is 13.2 Å². The lowest BCUT2D eigenvalue weighted by Crippen LogP contribution is -2.38. The van der Waals surface area contributed by atoms with Gasteiger partial charge in [-0.05, 0) is 81.8 Å². The Morgan fingerprint density at radius 1 is 1.10 bits per heavy atom. The number of sulfonamides is 1. The van der Waals surface area contributed by atoms with E-state index in [1.165, 1.54) is 12.8 Å². The van der Waals surface area contributed by atoms with Gasteiger partial charge in [-0.25, -0.2) is 8.42 Å². The van der Waals surface area contributed by atoms with E-state index in [1.54, 1.807) is 22.3 Å². The summed E-state index contributed by atoms with van der Waals surface area (Å²) in [5.41, 5.74) is 2.04. The van der Waals surface area contributed by atoms with Crippen molar-refractivity contribution < 1.29 is 13.2 Å². The van der Waals surface area contributed by atoms with Gasteiger partial charge in [-0.3, -0.25) is 4.79 Å². The van der Waals surface area contributed by atoms with Gasteiger partial charge >= 0.3 is 0 Å². The Balaban J connectivity index is 1.80. The molecule has 0 N–H and O–H groups in total. The summed E-state index contributed by atoms with van der Waals surface area (Å²) in [5.74, 6) is 0.442. The van der Waals surface area contributed by atoms with Gasteiger partial charge in [0, 0.05) is 38.8 Å². The summed E-state index contributed by atoms with van der Waals surface area (Å²) in [6.45, 7) is 10.7. The summed E-state index contributed by atoms with van der Waals surface area (Å²) >= 11 is 0. The highest BCUT2D eigenvalue weighted by Gasteiger charge is 2.30. The first-order valence-corrected chi connectivity index (χ1v) is 12.2. The Morgan fingerprint density at radius 3 is 2.34 bits per heavy atom. The van der Waals surface area contributed by atoms with Crippen molar-refractivity contribution in [2.75, 3.05) is 46.3 Å². The Bertz CT molecular complexity index is 839. The normalized spacial score (nSPS) is 19.6. The fraction of sp³-hybridized carbons (Fsp3) is 0.682. The van der Waals surface area contributed by atoms with Crippen LogP contribution in [0.25, 0.3) is 0 Å². The topological polar surface area (TPSA) is 60.9 Å². The van der Waals surface area contributed by atoms with Gasteiger partial charge < -0.3 is 9.80 Å². The van der Waals surface area contributed by atoms with Crippen LogP contribution in [0.4, 0.5) is 0 Å². The van der Waals surface area contributed by atoms with E-state index in [0.717, 1.165) is 43.6 Å². The number of piperidine rings is 1. The number of likely N-dealkylation sites (tertiary alicyclic amines) is 1. The lowest BCUT2D eigenvalue weighted by molar-refractivity contribution is 0.0782. The molecule has 29 heavy (non-hydrogen) atoms. The maximum atomic E-state index is 13.3. The first-order valence-electron chi connectivity index (χ1n) is 10.8. The smallest absolute Gasteiger partial charge is 0.253 e. The molecule has 1 aromatic carbocycles. The van der Waals surface area contributed by atoms with Crippen molar-refractivity contribution in [1.82, 2.24) is 14.1 Å². The third-order valence-electron chi connectivity index (χ3n) is 6.52. The van der Waals surface area contributed by atoms with Crippen molar-refractivity contribution in [2.45, 2.75) is 51.3 Å². The fourth-order valence-corrected chi connectivity index (χ4v) is 6.00. The maximum absolute atomic E-state index is 13.3. The molecule has 1 aromatic rings. The summed E-state index contributed by atoms with van der Waals surface area (Å²) in [7, 11) is -1.79. The Hall–Kier alpha value is -1.44. The second kappa shape index (κ2) is 9.14. The van der Waals surface area contributed by atoms with Gasteiger partial charge in [-0.1, -0.05) is 6.92 Å². The van der Waals surface area contributed by atoms with Crippen LogP contribution >= 0.6 is 0 Å². The van der Waals surface area contributed by atoms with E-state index >= 15 is 0 Å². The molecule has 0 atom stereocenters. The molecule has 7 heteroatoms. The number of carbonyl (C=O) groups is 1. The van der Waals surface area contributed by atoms with E-state index in [2.05, 4.69) is 11.8 Å². The van der Waals surface area contributed by atoms with Crippen molar-refractivity contribution in [2.24, 2.45) is 5.92 Å². The molecule has 6 nitrogen and oxygen atoms in total. The summed E-state index contributed by atoms with van der Waals surface area (Å²) in [4.78, 5) is 17.4. The molecule has 0 bridgehead atoms. The van der Waals surface area contributed by atoms with Crippen LogP contribution in [0, 0.1) is 19.8 Å². The number of rotatable bonds is 6. The number of hydrogen-bond donors (Lipinski definition) is 0. The minimum atomic E-state index is -3.59. The Kier molecular flexibility index (Phi) is 7.02. The van der Waals surface area contributed by atoms with E-state index in [0.29, 0.717) is 31.1 Å². The summed E-state index contributed by atoms with van der Waals surface area (Å²) in [5, 5.41) is 0. The molecule has 0 saturated carbocycles. The molecule has 2 aliphatic heterocycles. The number of hydrogen-bond acceptors (Lipinski definition) is 4. The number of likely N-dealkylation sites (N-methyl/N-ethyl adjacent to an activating group) is 1. The number of benzene rings is 1. The highest BCUT2D eigenvalue weighted by Crippen LogP contribution is 2.28. The number of carbonyl (C=O) groups excluding carboxylic acids is 1. The van der Waals surface area contributed by atoms with E-state index in [4.69, 9.17) is 0 Å². The standard InChI is InChI=1S/C22H35N3O3S/c1-17-7-11-25(12-8-17)29(27,28)21-16-20(15-18(2)19(21)3)22(26)23(4)13-14-24-9-5-6-10-24/h15-17H,5-14H2,1-4H3. The third-order valence-corrected chi connectivity index (χ3v) is 8.55. The quantitative estimate of drug-likeness (QED) is 0.709. The molecule has 0 radical (unpaired) electrons. The van der Waals surface area contributed by atoms with Crippen LogP contribution in [0.3, 0.4) is 0 Å². The first-order chi connectivity index (χ1) is 13.7. The van der Waals surface area contributed by atoms with Crippen LogP contribution in [0.5, 0.6) is 0 Å². The molecular weight excluding hydrogens is 386 g/mol. The maximum Gasteiger partial charge on any atom is 0.253 e. The Morgan fingerprint density at radius 2 is 1.72 bits per heavy atom. The lowest BCUT2D eigenvalue weighted by Gasteiger charge is -2.30. The van der Waals surface area contributed by atoms with Crippen molar-refractivity contribution in [3.8, 4) is 0 Å². The zero-order chi connectivity index (χ0) is 21.2. The number of amides is 1. The molecule has 0 aliphatic carbocycles. The highest BCUT2D eigenvalue weighted by molar-refractivity contribution is 7.89. The molecule has 0 aromatic heterocycles. The molecule has 2 aliphatic rings. The molecule has 2 saturated heterocycles. The minimum absolute atomic E-state index is 0.115. The van der Waals surface area contributed by atoms with Gasteiger partial charge in [-0.2, -0.15) is 4.31 Å². The molecule has 1 amide bonds. The summed E-state index contributed by atoms with van der Waals surface area (Å²) < 4.78 is 28.2. The SMILES string of the molecule is Cc1cc(C(=O)N(C)CCN2CCCC2)cc(S(=O)(=O)N2CCC(C)CC2)c1C. The van der Waals surface area contributed by atoms with Crippen LogP contribution in [0.15, 0.2) is 17.0 Å². The van der Waals surface area contributed by atoms with Gasteiger partial charge in [0.05, 0.1) is 4.90 Å². The van der Waals surface area contributed by atoms with Crippen molar-refractivity contribution >= 4 is 15.9 Å². The molecule has 2 fully saturated rings. The average Bonchev–Trinajstić information content (AvgIpc) is 3.21. The fourth-order valence-electron chi connectivity index (χ4n) is 4.20. The van der Waals surface area contributed by atoms with Crippen LogP contribution in [-0.2, 0) is 10.0 Å². The number of aryl methyl sites for hydroxylation is 1. The highest BCUT2D eigenvalue weighted by atomic mass is 32.2. The second-order valence-corrected chi connectivity index (χ2v) is 10.7. The van der Waals surface area contributed by atoms with Crippen LogP contribution in [-0.4, -0.2) is 74.7 Å². The van der Waals surface area contributed by atoms with Crippen molar-refractivity contribution in [3.63, 3.8) is 0 Å². The van der Waals surface area contributed by atoms with Gasteiger partial charge in [-0.15, -0.1) is 0 Å². The molecular formula is C22H35N3O3S. The van der Waals surface area contributed by atoms with Gasteiger partial charge in [0.25, 0.3) is 5.91 Å². The van der Waals surface area contributed by atoms with E-state index in [1.807, 2.05) is 19.9 Å². The average molecular weight is 422 g/mol. The second-order valence-electron chi connectivity index (χ2n) is 8.78. The number of nitrogens with zero attached hydrogens (tertiary/aromatic N) is 3. The van der Waals surface area contributed by atoms with Crippen LogP contribution in [0.1, 0.15) is 54.1 Å². The van der Waals surface area contributed by atoms with Gasteiger partial charge in [0.1, 0.15) is 0 Å². The summed E-state index contributed by atoms with van der Waals surface area (Å²) in [6.07, 6.45) is 4.22. The van der Waals surface area contributed by atoms with Crippen molar-refractivity contribution in [1.29, 1.82) is 0 Å². The lowest BCUT2D eigenvalue weighted by atomic mass is 10.0. The van der Waals surface area contributed by atoms with Crippen LogP contribution < -0.4 is 0 Å². The monoisotopic (exact) mass is 421 g/mol. The third kappa shape index (κ3) is 5.01. The molecule has 162 valence electrons. The largest absolute Gasteiger partial charge is 0.340 e.